The first-order valence-corrected chi connectivity index (χ1v) is 5.75. The minimum atomic E-state index is -1.30. The molecule has 0 aromatic carbocycles. The maximum absolute atomic E-state index is 11.6. The highest BCUT2D eigenvalue weighted by molar-refractivity contribution is 5.83. The molecule has 6 nitrogen and oxygen atoms in total. The van der Waals surface area contributed by atoms with E-state index >= 15 is 0 Å². The summed E-state index contributed by atoms with van der Waals surface area (Å²) in [7, 11) is 0. The average Bonchev–Trinajstić information content (AvgIpc) is 2.24. The molecule has 0 radical (unpaired) electrons. The van der Waals surface area contributed by atoms with Crippen molar-refractivity contribution >= 4 is 12.0 Å². The topological polar surface area (TPSA) is 98.7 Å². The van der Waals surface area contributed by atoms with Gasteiger partial charge in [-0.15, -0.1) is 0 Å². The molecule has 2 unspecified atom stereocenters. The van der Waals surface area contributed by atoms with E-state index in [1.54, 1.807) is 0 Å². The summed E-state index contributed by atoms with van der Waals surface area (Å²) < 4.78 is 0. The van der Waals surface area contributed by atoms with Crippen LogP contribution in [0.25, 0.3) is 0 Å². The van der Waals surface area contributed by atoms with E-state index in [2.05, 4.69) is 10.6 Å². The zero-order valence-electron chi connectivity index (χ0n) is 10.8. The number of rotatable bonds is 6. The Morgan fingerprint density at radius 1 is 1.29 bits per heavy atom. The number of carbonyl (C=O) groups is 2. The van der Waals surface area contributed by atoms with Crippen LogP contribution in [0.2, 0.25) is 0 Å². The molecule has 0 fully saturated rings. The second-order valence-electron chi connectivity index (χ2n) is 4.42. The third-order valence-electron chi connectivity index (χ3n) is 3.01. The average molecular weight is 246 g/mol. The molecular weight excluding hydrogens is 224 g/mol. The monoisotopic (exact) mass is 246 g/mol. The lowest BCUT2D eigenvalue weighted by molar-refractivity contribution is -0.141. The van der Waals surface area contributed by atoms with Gasteiger partial charge in [-0.25, -0.2) is 9.59 Å². The number of carboxylic acids is 1. The number of aliphatic carboxylic acids is 1. The Labute approximate surface area is 101 Å². The largest absolute Gasteiger partial charge is 0.480 e. The SMILES string of the molecule is CCC(C)(CC)NC(=O)NC(C(=O)O)C(C)O. The van der Waals surface area contributed by atoms with Crippen molar-refractivity contribution in [1.82, 2.24) is 10.6 Å². The van der Waals surface area contributed by atoms with Crippen molar-refractivity contribution in [3.8, 4) is 0 Å². The number of aliphatic hydroxyl groups excluding tert-OH is 1. The number of nitrogens with one attached hydrogen (secondary N) is 2. The Morgan fingerprint density at radius 2 is 1.76 bits per heavy atom. The van der Waals surface area contributed by atoms with Crippen LogP contribution in [0.3, 0.4) is 0 Å². The Morgan fingerprint density at radius 3 is 2.06 bits per heavy atom. The molecule has 0 saturated heterocycles. The molecule has 4 N–H and O–H groups in total. The number of carbonyl (C=O) groups excluding carboxylic acids is 1. The third kappa shape index (κ3) is 5.04. The first kappa shape index (κ1) is 15.7. The summed E-state index contributed by atoms with van der Waals surface area (Å²) in [6.45, 7) is 7.07. The predicted molar refractivity (Wildman–Crippen MR) is 63.8 cm³/mol. The van der Waals surface area contributed by atoms with Crippen LogP contribution in [0.1, 0.15) is 40.5 Å². The normalized spacial score (nSPS) is 14.9. The number of aliphatic hydroxyl groups is 1. The number of amides is 2. The van der Waals surface area contributed by atoms with Gasteiger partial charge in [0.05, 0.1) is 6.10 Å². The van der Waals surface area contributed by atoms with Crippen molar-refractivity contribution in [3.05, 3.63) is 0 Å². The Bertz CT molecular complexity index is 275. The number of urea groups is 1. The van der Waals surface area contributed by atoms with E-state index in [-0.39, 0.29) is 5.54 Å². The van der Waals surface area contributed by atoms with Crippen LogP contribution in [0.5, 0.6) is 0 Å². The summed E-state index contributed by atoms with van der Waals surface area (Å²) in [5.74, 6) is -1.26. The van der Waals surface area contributed by atoms with Gasteiger partial charge in [-0.1, -0.05) is 13.8 Å². The van der Waals surface area contributed by atoms with Gasteiger partial charge in [0.2, 0.25) is 0 Å². The smallest absolute Gasteiger partial charge is 0.328 e. The molecule has 0 spiro atoms. The van der Waals surface area contributed by atoms with Gasteiger partial charge in [0.15, 0.2) is 6.04 Å². The molecule has 100 valence electrons. The van der Waals surface area contributed by atoms with Gasteiger partial charge in [-0.2, -0.15) is 0 Å². The van der Waals surface area contributed by atoms with Crippen molar-refractivity contribution in [3.63, 3.8) is 0 Å². The van der Waals surface area contributed by atoms with Gasteiger partial charge in [-0.3, -0.25) is 0 Å². The van der Waals surface area contributed by atoms with Crippen molar-refractivity contribution in [2.45, 2.75) is 58.2 Å². The van der Waals surface area contributed by atoms with Crippen LogP contribution in [0.4, 0.5) is 4.79 Å². The third-order valence-corrected chi connectivity index (χ3v) is 3.01. The summed E-state index contributed by atoms with van der Waals surface area (Å²) in [6, 6.07) is -1.88. The van der Waals surface area contributed by atoms with Gasteiger partial charge in [0, 0.05) is 5.54 Å². The lowest BCUT2D eigenvalue weighted by Gasteiger charge is -2.29. The van der Waals surface area contributed by atoms with Crippen LogP contribution in [0, 0.1) is 0 Å². The van der Waals surface area contributed by atoms with E-state index < -0.39 is 24.1 Å². The number of hydrogen-bond acceptors (Lipinski definition) is 3. The molecule has 2 amide bonds. The fourth-order valence-corrected chi connectivity index (χ4v) is 1.27. The molecule has 0 saturated carbocycles. The Balaban J connectivity index is 4.48. The van der Waals surface area contributed by atoms with E-state index in [0.717, 1.165) is 12.8 Å². The minimum absolute atomic E-state index is 0.369. The first-order valence-electron chi connectivity index (χ1n) is 5.75. The molecule has 0 aliphatic carbocycles. The second-order valence-corrected chi connectivity index (χ2v) is 4.42. The summed E-state index contributed by atoms with van der Waals surface area (Å²) in [5.41, 5.74) is -0.369. The molecular formula is C11H22N2O4. The summed E-state index contributed by atoms with van der Waals surface area (Å²) in [4.78, 5) is 22.4. The van der Waals surface area contributed by atoms with E-state index in [9.17, 15) is 14.7 Å². The Hall–Kier alpha value is -1.30. The zero-order valence-corrected chi connectivity index (χ0v) is 10.8. The molecule has 0 heterocycles. The number of carboxylic acid groups (broad SMARTS) is 1. The van der Waals surface area contributed by atoms with E-state index in [0.29, 0.717) is 0 Å². The van der Waals surface area contributed by atoms with Gasteiger partial charge >= 0.3 is 12.0 Å². The van der Waals surface area contributed by atoms with Crippen LogP contribution in [-0.4, -0.2) is 39.9 Å². The minimum Gasteiger partial charge on any atom is -0.480 e. The molecule has 0 aromatic rings. The van der Waals surface area contributed by atoms with Crippen molar-refractivity contribution < 1.29 is 19.8 Å². The summed E-state index contributed by atoms with van der Waals surface area (Å²) in [6.07, 6.45) is 0.333. The highest BCUT2D eigenvalue weighted by Gasteiger charge is 2.28. The molecule has 0 bridgehead atoms. The van der Waals surface area contributed by atoms with Crippen LogP contribution < -0.4 is 10.6 Å². The molecule has 6 heteroatoms. The second kappa shape index (κ2) is 6.44. The zero-order chi connectivity index (χ0) is 13.6. The van der Waals surface area contributed by atoms with E-state index in [1.807, 2.05) is 20.8 Å². The summed E-state index contributed by atoms with van der Waals surface area (Å²) >= 11 is 0. The van der Waals surface area contributed by atoms with Crippen LogP contribution in [0.15, 0.2) is 0 Å². The van der Waals surface area contributed by atoms with Crippen molar-refractivity contribution in [2.75, 3.05) is 0 Å². The van der Waals surface area contributed by atoms with Gasteiger partial charge in [0.1, 0.15) is 0 Å². The standard InChI is InChI=1S/C11H22N2O4/c1-5-11(4,6-2)13-10(17)12-8(7(3)14)9(15)16/h7-8,14H,5-6H2,1-4H3,(H,15,16)(H2,12,13,17). The molecule has 17 heavy (non-hydrogen) atoms. The molecule has 0 rings (SSSR count). The fraction of sp³-hybridized carbons (Fsp3) is 0.818. The number of hydrogen-bond donors (Lipinski definition) is 4. The van der Waals surface area contributed by atoms with Gasteiger partial charge in [0.25, 0.3) is 0 Å². The summed E-state index contributed by atoms with van der Waals surface area (Å²) in [5, 5.41) is 23.0. The molecule has 0 aliphatic rings. The highest BCUT2D eigenvalue weighted by Crippen LogP contribution is 2.13. The van der Waals surface area contributed by atoms with E-state index in [4.69, 9.17) is 5.11 Å². The van der Waals surface area contributed by atoms with Crippen LogP contribution in [-0.2, 0) is 4.79 Å². The van der Waals surface area contributed by atoms with Gasteiger partial charge < -0.3 is 20.8 Å². The van der Waals surface area contributed by atoms with E-state index in [1.165, 1.54) is 6.92 Å². The van der Waals surface area contributed by atoms with Gasteiger partial charge in [-0.05, 0) is 26.7 Å². The fourth-order valence-electron chi connectivity index (χ4n) is 1.27. The van der Waals surface area contributed by atoms with Crippen molar-refractivity contribution in [2.24, 2.45) is 0 Å². The van der Waals surface area contributed by atoms with Crippen molar-refractivity contribution in [1.29, 1.82) is 0 Å². The maximum Gasteiger partial charge on any atom is 0.328 e. The first-order chi connectivity index (χ1) is 7.75. The predicted octanol–water partition coefficient (Wildman–Crippen LogP) is 0.698. The quantitative estimate of drug-likeness (QED) is 0.554. The Kier molecular flexibility index (Phi) is 5.95. The molecule has 2 atom stereocenters. The highest BCUT2D eigenvalue weighted by atomic mass is 16.4. The lowest BCUT2D eigenvalue weighted by Crippen LogP contribution is -2.56. The molecule has 0 aliphatic heterocycles. The van der Waals surface area contributed by atoms with Crippen LogP contribution >= 0.6 is 0 Å². The maximum atomic E-state index is 11.6. The molecule has 0 aromatic heterocycles. The lowest BCUT2D eigenvalue weighted by atomic mass is 9.96.